The summed E-state index contributed by atoms with van der Waals surface area (Å²) in [7, 11) is 0. The number of hydrogen-bond acceptors (Lipinski definition) is 3. The molecule has 2 aromatic carbocycles. The number of anilines is 1. The van der Waals surface area contributed by atoms with Crippen molar-refractivity contribution in [2.45, 2.75) is 31.9 Å². The molecule has 0 amide bonds. The highest BCUT2D eigenvalue weighted by Gasteiger charge is 2.32. The summed E-state index contributed by atoms with van der Waals surface area (Å²) in [5, 5.41) is 5.35. The highest BCUT2D eigenvalue weighted by Crippen LogP contribution is 2.42. The third kappa shape index (κ3) is 2.61. The molecule has 0 aliphatic heterocycles. The van der Waals surface area contributed by atoms with Gasteiger partial charge in [0, 0.05) is 5.39 Å². The quantitative estimate of drug-likeness (QED) is 0.639. The fourth-order valence-corrected chi connectivity index (χ4v) is 4.27. The van der Waals surface area contributed by atoms with Gasteiger partial charge in [0.25, 0.3) is 0 Å². The topological polar surface area (TPSA) is 56.7 Å². The number of nitrogen functional groups attached to an aromatic ring is 1. The maximum absolute atomic E-state index is 13.6. The van der Waals surface area contributed by atoms with Gasteiger partial charge >= 0.3 is 6.18 Å². The predicted octanol–water partition coefficient (Wildman–Crippen LogP) is 5.07. The summed E-state index contributed by atoms with van der Waals surface area (Å²) in [5.74, 6) is 0.0191. The average molecular weight is 382 g/mol. The average Bonchev–Trinajstić information content (AvgIpc) is 3.12. The number of nitrogens with two attached hydrogens (primary N) is 1. The first-order valence-corrected chi connectivity index (χ1v) is 9.15. The first-order valence-electron chi connectivity index (χ1n) is 9.15. The van der Waals surface area contributed by atoms with Crippen LogP contribution in [-0.4, -0.2) is 14.8 Å². The molecular formula is C21H17F3N4. The van der Waals surface area contributed by atoms with Crippen LogP contribution in [0.3, 0.4) is 0 Å². The van der Waals surface area contributed by atoms with Crippen LogP contribution < -0.4 is 5.73 Å². The van der Waals surface area contributed by atoms with Crippen molar-refractivity contribution in [3.63, 3.8) is 0 Å². The van der Waals surface area contributed by atoms with E-state index in [1.54, 1.807) is 0 Å². The van der Waals surface area contributed by atoms with Gasteiger partial charge < -0.3 is 5.73 Å². The highest BCUT2D eigenvalue weighted by atomic mass is 19.4. The van der Waals surface area contributed by atoms with E-state index in [2.05, 4.69) is 22.2 Å². The Bertz CT molecular complexity index is 1170. The van der Waals surface area contributed by atoms with Gasteiger partial charge in [0.15, 0.2) is 0 Å². The molecule has 4 nitrogen and oxygen atoms in total. The smallest absolute Gasteiger partial charge is 0.366 e. The van der Waals surface area contributed by atoms with Gasteiger partial charge in [0.1, 0.15) is 6.33 Å². The van der Waals surface area contributed by atoms with E-state index in [1.807, 2.05) is 12.1 Å². The standard InChI is InChI=1S/C21H17F3N4/c22-21(23,24)13-9-18-16-6-5-12-3-1-2-4-14(12)15(16)7-8-17(18)19(10-13)28-11-26-20(25)27-28/h2,4,7-11H,1,3,5-6H2,(H2,25,27). The molecule has 1 heterocycles. The van der Waals surface area contributed by atoms with Gasteiger partial charge in [-0.2, -0.15) is 13.2 Å². The summed E-state index contributed by atoms with van der Waals surface area (Å²) < 4.78 is 42.2. The lowest BCUT2D eigenvalue weighted by Crippen LogP contribution is -2.11. The van der Waals surface area contributed by atoms with Crippen LogP contribution >= 0.6 is 0 Å². The Morgan fingerprint density at radius 3 is 2.64 bits per heavy atom. The lowest BCUT2D eigenvalue weighted by molar-refractivity contribution is -0.137. The zero-order chi connectivity index (χ0) is 19.5. The summed E-state index contributed by atoms with van der Waals surface area (Å²) >= 11 is 0. The molecule has 0 fully saturated rings. The Labute approximate surface area is 159 Å². The zero-order valence-electron chi connectivity index (χ0n) is 14.9. The lowest BCUT2D eigenvalue weighted by Gasteiger charge is -2.26. The molecule has 0 unspecified atom stereocenters. The number of alkyl halides is 3. The Hall–Kier alpha value is -3.09. The Morgan fingerprint density at radius 1 is 1.04 bits per heavy atom. The summed E-state index contributed by atoms with van der Waals surface area (Å²) in [6, 6.07) is 6.26. The molecule has 28 heavy (non-hydrogen) atoms. The second-order valence-electron chi connectivity index (χ2n) is 7.19. The molecule has 0 saturated carbocycles. The highest BCUT2D eigenvalue weighted by molar-refractivity contribution is 5.98. The number of hydrogen-bond donors (Lipinski definition) is 1. The summed E-state index contributed by atoms with van der Waals surface area (Å²) in [5.41, 5.74) is 9.78. The van der Waals surface area contributed by atoms with Crippen LogP contribution in [0.4, 0.5) is 19.1 Å². The number of halogens is 3. The molecule has 0 saturated heterocycles. The largest absolute Gasteiger partial charge is 0.416 e. The first-order chi connectivity index (χ1) is 13.4. The summed E-state index contributed by atoms with van der Waals surface area (Å²) in [4.78, 5) is 3.86. The van der Waals surface area contributed by atoms with Crippen LogP contribution in [0, 0.1) is 0 Å². The summed E-state index contributed by atoms with van der Waals surface area (Å²) in [6.07, 6.45) is 4.79. The van der Waals surface area contributed by atoms with Crippen LogP contribution in [-0.2, 0) is 12.6 Å². The van der Waals surface area contributed by atoms with E-state index >= 15 is 0 Å². The third-order valence-corrected chi connectivity index (χ3v) is 5.55. The van der Waals surface area contributed by atoms with E-state index < -0.39 is 11.7 Å². The van der Waals surface area contributed by atoms with Gasteiger partial charge in [-0.25, -0.2) is 9.67 Å². The molecule has 0 radical (unpaired) electrons. The van der Waals surface area contributed by atoms with Crippen LogP contribution in [0.1, 0.15) is 36.0 Å². The molecule has 1 aromatic heterocycles. The van der Waals surface area contributed by atoms with Crippen molar-refractivity contribution < 1.29 is 13.2 Å². The van der Waals surface area contributed by atoms with E-state index in [0.29, 0.717) is 16.5 Å². The van der Waals surface area contributed by atoms with Crippen molar-refractivity contribution in [3.05, 3.63) is 65.0 Å². The van der Waals surface area contributed by atoms with Gasteiger partial charge in [-0.3, -0.25) is 0 Å². The number of allylic oxidation sites excluding steroid dienone is 4. The van der Waals surface area contributed by atoms with Gasteiger partial charge in [-0.05, 0) is 59.9 Å². The first kappa shape index (κ1) is 17.0. The van der Waals surface area contributed by atoms with E-state index in [9.17, 15) is 13.2 Å². The second-order valence-corrected chi connectivity index (χ2v) is 7.19. The normalized spacial score (nSPS) is 16.4. The minimum absolute atomic E-state index is 0.0191. The number of benzene rings is 2. The second kappa shape index (κ2) is 5.95. The monoisotopic (exact) mass is 382 g/mol. The van der Waals surface area contributed by atoms with E-state index in [0.717, 1.165) is 42.9 Å². The van der Waals surface area contributed by atoms with Crippen LogP contribution in [0.15, 0.2) is 48.3 Å². The van der Waals surface area contributed by atoms with Crippen LogP contribution in [0.25, 0.3) is 22.0 Å². The van der Waals surface area contributed by atoms with Crippen LogP contribution in [0.2, 0.25) is 0 Å². The van der Waals surface area contributed by atoms with Crippen molar-refractivity contribution in [1.82, 2.24) is 14.8 Å². The molecule has 2 N–H and O–H groups in total. The van der Waals surface area contributed by atoms with E-state index in [1.165, 1.54) is 28.2 Å². The number of fused-ring (bicyclic) bond motifs is 4. The molecular weight excluding hydrogens is 365 g/mol. The van der Waals surface area contributed by atoms with Crippen molar-refractivity contribution in [1.29, 1.82) is 0 Å². The molecule has 5 rings (SSSR count). The Morgan fingerprint density at radius 2 is 1.89 bits per heavy atom. The fourth-order valence-electron chi connectivity index (χ4n) is 4.27. The molecule has 3 aromatic rings. The minimum Gasteiger partial charge on any atom is -0.366 e. The molecule has 2 aliphatic carbocycles. The molecule has 0 atom stereocenters. The number of aromatic nitrogens is 3. The maximum Gasteiger partial charge on any atom is 0.416 e. The fraction of sp³-hybridized carbons (Fsp3) is 0.238. The molecule has 2 aliphatic rings. The Kier molecular flexibility index (Phi) is 3.62. The third-order valence-electron chi connectivity index (χ3n) is 5.55. The van der Waals surface area contributed by atoms with Crippen molar-refractivity contribution >= 4 is 22.3 Å². The van der Waals surface area contributed by atoms with E-state index in [4.69, 9.17) is 5.73 Å². The van der Waals surface area contributed by atoms with Crippen molar-refractivity contribution in [2.75, 3.05) is 5.73 Å². The summed E-state index contributed by atoms with van der Waals surface area (Å²) in [6.45, 7) is 0. The maximum atomic E-state index is 13.6. The number of nitrogens with zero attached hydrogens (tertiary/aromatic N) is 3. The van der Waals surface area contributed by atoms with Crippen LogP contribution in [0.5, 0.6) is 0 Å². The lowest BCUT2D eigenvalue weighted by atomic mass is 9.79. The molecule has 0 spiro atoms. The van der Waals surface area contributed by atoms with Gasteiger partial charge in [0.2, 0.25) is 5.95 Å². The SMILES string of the molecule is Nc1ncn(-c2cc(C(F)(F)F)cc3c4c(ccc23)C2=C(CCC=C2)CC4)n1. The van der Waals surface area contributed by atoms with Gasteiger partial charge in [-0.1, -0.05) is 29.9 Å². The van der Waals surface area contributed by atoms with Gasteiger partial charge in [0.05, 0.1) is 11.3 Å². The predicted molar refractivity (Wildman–Crippen MR) is 102 cm³/mol. The van der Waals surface area contributed by atoms with E-state index in [-0.39, 0.29) is 5.95 Å². The van der Waals surface area contributed by atoms with Crippen molar-refractivity contribution in [2.24, 2.45) is 0 Å². The van der Waals surface area contributed by atoms with Crippen molar-refractivity contribution in [3.8, 4) is 5.69 Å². The molecule has 142 valence electrons. The zero-order valence-corrected chi connectivity index (χ0v) is 14.9. The molecule has 0 bridgehead atoms. The number of rotatable bonds is 1. The number of aryl methyl sites for hydroxylation is 1. The van der Waals surface area contributed by atoms with Gasteiger partial charge in [-0.15, -0.1) is 5.10 Å². The Balaban J connectivity index is 1.83. The molecule has 7 heteroatoms. The minimum atomic E-state index is -4.46.